The van der Waals surface area contributed by atoms with Gasteiger partial charge < -0.3 is 15.4 Å². The maximum absolute atomic E-state index is 5.95. The number of hydrogen-bond donors (Lipinski definition) is 2. The number of nitrogens with one attached hydrogen (secondary N) is 2. The van der Waals surface area contributed by atoms with E-state index in [2.05, 4.69) is 36.6 Å². The summed E-state index contributed by atoms with van der Waals surface area (Å²) in [5.41, 5.74) is 3.07. The van der Waals surface area contributed by atoms with Crippen LogP contribution in [0, 0.1) is 0 Å². The highest BCUT2D eigenvalue weighted by atomic mass is 32.1. The molecular weight excluding hydrogens is 340 g/mol. The van der Waals surface area contributed by atoms with Gasteiger partial charge in [0.05, 0.1) is 5.69 Å². The van der Waals surface area contributed by atoms with Gasteiger partial charge in [0.2, 0.25) is 0 Å². The molecule has 0 saturated heterocycles. The molecule has 0 aliphatic rings. The van der Waals surface area contributed by atoms with Crippen molar-refractivity contribution in [1.82, 2.24) is 0 Å². The van der Waals surface area contributed by atoms with E-state index in [1.54, 1.807) is 0 Å². The first-order chi connectivity index (χ1) is 12.6. The lowest BCUT2D eigenvalue weighted by molar-refractivity contribution is 0.485. The molecule has 3 nitrogen and oxygen atoms in total. The van der Waals surface area contributed by atoms with Crippen LogP contribution < -0.4 is 15.4 Å². The Labute approximate surface area is 160 Å². The Hall–Kier alpha value is -2.85. The molecule has 0 atom stereocenters. The van der Waals surface area contributed by atoms with Gasteiger partial charge in [-0.25, -0.2) is 0 Å². The molecule has 26 heavy (non-hydrogen) atoms. The Balaban J connectivity index is 1.67. The van der Waals surface area contributed by atoms with Gasteiger partial charge in [0.25, 0.3) is 0 Å². The minimum atomic E-state index is 0.510. The second-order valence-electron chi connectivity index (χ2n) is 6.27. The van der Waals surface area contributed by atoms with E-state index in [1.807, 2.05) is 66.7 Å². The number of ether oxygens (including phenoxy) is 1. The summed E-state index contributed by atoms with van der Waals surface area (Å²) >= 11 is 5.45. The van der Waals surface area contributed by atoms with Crippen LogP contribution in [0.4, 0.5) is 11.4 Å². The lowest BCUT2D eigenvalue weighted by atomic mass is 10.0. The van der Waals surface area contributed by atoms with Gasteiger partial charge in [-0.3, -0.25) is 0 Å². The summed E-state index contributed by atoms with van der Waals surface area (Å²) in [6.45, 7) is 4.36. The van der Waals surface area contributed by atoms with E-state index in [0.29, 0.717) is 11.0 Å². The Morgan fingerprint density at radius 1 is 0.808 bits per heavy atom. The van der Waals surface area contributed by atoms with E-state index in [1.165, 1.54) is 5.56 Å². The quantitative estimate of drug-likeness (QED) is 0.514. The highest BCUT2D eigenvalue weighted by Crippen LogP contribution is 2.29. The summed E-state index contributed by atoms with van der Waals surface area (Å²) in [7, 11) is 0. The summed E-state index contributed by atoms with van der Waals surface area (Å²) in [5, 5.41) is 6.94. The molecule has 2 N–H and O–H groups in total. The third kappa shape index (κ3) is 4.83. The summed E-state index contributed by atoms with van der Waals surface area (Å²) in [6, 6.07) is 25.7. The zero-order valence-electron chi connectivity index (χ0n) is 14.9. The first-order valence-electron chi connectivity index (χ1n) is 8.62. The van der Waals surface area contributed by atoms with Crippen LogP contribution in [0.2, 0.25) is 0 Å². The van der Waals surface area contributed by atoms with Gasteiger partial charge in [-0.1, -0.05) is 56.3 Å². The van der Waals surface area contributed by atoms with Crippen LogP contribution in [-0.2, 0) is 0 Å². The zero-order chi connectivity index (χ0) is 18.4. The molecular formula is C22H22N2OS. The molecule has 0 aliphatic carbocycles. The van der Waals surface area contributed by atoms with Gasteiger partial charge in [0.15, 0.2) is 10.9 Å². The number of hydrogen-bond acceptors (Lipinski definition) is 2. The second-order valence-corrected chi connectivity index (χ2v) is 6.68. The average molecular weight is 362 g/mol. The van der Waals surface area contributed by atoms with Crippen molar-refractivity contribution < 1.29 is 4.74 Å². The fraction of sp³-hybridized carbons (Fsp3) is 0.136. The molecule has 0 heterocycles. The second kappa shape index (κ2) is 8.50. The maximum Gasteiger partial charge on any atom is 0.175 e. The van der Waals surface area contributed by atoms with Gasteiger partial charge in [-0.15, -0.1) is 0 Å². The molecule has 0 unspecified atom stereocenters. The fourth-order valence-corrected chi connectivity index (χ4v) is 2.74. The van der Waals surface area contributed by atoms with Crippen LogP contribution in [0.5, 0.6) is 11.5 Å². The Bertz CT molecular complexity index is 861. The Kier molecular flexibility index (Phi) is 5.87. The monoisotopic (exact) mass is 362 g/mol. The van der Waals surface area contributed by atoms with E-state index < -0.39 is 0 Å². The van der Waals surface area contributed by atoms with Crippen LogP contribution in [0.25, 0.3) is 0 Å². The molecule has 0 saturated carbocycles. The number of rotatable bonds is 5. The van der Waals surface area contributed by atoms with Gasteiger partial charge >= 0.3 is 0 Å². The molecule has 132 valence electrons. The van der Waals surface area contributed by atoms with Crippen LogP contribution >= 0.6 is 12.2 Å². The molecule has 0 amide bonds. The van der Waals surface area contributed by atoms with E-state index in [9.17, 15) is 0 Å². The summed E-state index contributed by atoms with van der Waals surface area (Å²) in [5.74, 6) is 2.01. The van der Waals surface area contributed by atoms with Crippen molar-refractivity contribution in [3.8, 4) is 11.5 Å². The average Bonchev–Trinajstić information content (AvgIpc) is 2.64. The van der Waals surface area contributed by atoms with E-state index in [-0.39, 0.29) is 0 Å². The number of benzene rings is 3. The van der Waals surface area contributed by atoms with Crippen molar-refractivity contribution in [2.75, 3.05) is 10.6 Å². The molecule has 0 radical (unpaired) electrons. The van der Waals surface area contributed by atoms with Gasteiger partial charge in [0.1, 0.15) is 5.75 Å². The van der Waals surface area contributed by atoms with Crippen molar-refractivity contribution >= 4 is 28.7 Å². The minimum absolute atomic E-state index is 0.510. The number of anilines is 2. The smallest absolute Gasteiger partial charge is 0.175 e. The predicted octanol–water partition coefficient (Wildman–Crippen LogP) is 6.41. The fourth-order valence-electron chi connectivity index (χ4n) is 2.51. The molecule has 3 aromatic carbocycles. The van der Waals surface area contributed by atoms with Crippen molar-refractivity contribution in [1.29, 1.82) is 0 Å². The van der Waals surface area contributed by atoms with Crippen molar-refractivity contribution in [3.05, 3.63) is 84.4 Å². The first-order valence-corrected chi connectivity index (χ1v) is 9.02. The van der Waals surface area contributed by atoms with Crippen molar-refractivity contribution in [2.24, 2.45) is 0 Å². The van der Waals surface area contributed by atoms with Crippen LogP contribution in [0.15, 0.2) is 78.9 Å². The number of thiocarbonyl (C=S) groups is 1. The van der Waals surface area contributed by atoms with E-state index in [0.717, 1.165) is 22.9 Å². The van der Waals surface area contributed by atoms with Crippen molar-refractivity contribution in [2.45, 2.75) is 19.8 Å². The standard InChI is InChI=1S/C22H22N2OS/c1-16(2)17-12-14-18(15-13-17)23-22(26)24-20-10-6-7-11-21(20)25-19-8-4-3-5-9-19/h3-16H,1-2H3,(H2,23,24,26). The highest BCUT2D eigenvalue weighted by molar-refractivity contribution is 7.80. The molecule has 0 spiro atoms. The molecule has 4 heteroatoms. The van der Waals surface area contributed by atoms with Crippen LogP contribution in [-0.4, -0.2) is 5.11 Å². The van der Waals surface area contributed by atoms with Crippen LogP contribution in [0.1, 0.15) is 25.3 Å². The van der Waals surface area contributed by atoms with Crippen molar-refractivity contribution in [3.63, 3.8) is 0 Å². The summed E-state index contributed by atoms with van der Waals surface area (Å²) in [6.07, 6.45) is 0. The third-order valence-corrected chi connectivity index (χ3v) is 4.15. The largest absolute Gasteiger partial charge is 0.455 e. The predicted molar refractivity (Wildman–Crippen MR) is 113 cm³/mol. The van der Waals surface area contributed by atoms with Gasteiger partial charge in [0, 0.05) is 5.69 Å². The number of para-hydroxylation sites is 3. The first kappa shape index (κ1) is 18.0. The molecule has 3 aromatic rings. The molecule has 0 aliphatic heterocycles. The molecule has 0 bridgehead atoms. The Morgan fingerprint density at radius 3 is 2.15 bits per heavy atom. The third-order valence-electron chi connectivity index (χ3n) is 3.94. The SMILES string of the molecule is CC(C)c1ccc(NC(=S)Nc2ccccc2Oc2ccccc2)cc1. The maximum atomic E-state index is 5.95. The lowest BCUT2D eigenvalue weighted by Crippen LogP contribution is -2.19. The normalized spacial score (nSPS) is 10.4. The minimum Gasteiger partial charge on any atom is -0.455 e. The lowest BCUT2D eigenvalue weighted by Gasteiger charge is -2.15. The van der Waals surface area contributed by atoms with Gasteiger partial charge in [-0.2, -0.15) is 0 Å². The van der Waals surface area contributed by atoms with Gasteiger partial charge in [-0.05, 0) is 60.1 Å². The highest BCUT2D eigenvalue weighted by Gasteiger charge is 2.07. The summed E-state index contributed by atoms with van der Waals surface area (Å²) < 4.78 is 5.95. The molecule has 0 fully saturated rings. The topological polar surface area (TPSA) is 33.3 Å². The van der Waals surface area contributed by atoms with Crippen LogP contribution in [0.3, 0.4) is 0 Å². The summed E-state index contributed by atoms with van der Waals surface area (Å²) in [4.78, 5) is 0. The molecule has 3 rings (SSSR count). The zero-order valence-corrected chi connectivity index (χ0v) is 15.7. The molecule has 0 aromatic heterocycles. The Morgan fingerprint density at radius 2 is 1.46 bits per heavy atom. The van der Waals surface area contributed by atoms with E-state index >= 15 is 0 Å². The van der Waals surface area contributed by atoms with E-state index in [4.69, 9.17) is 17.0 Å².